The van der Waals surface area contributed by atoms with E-state index in [9.17, 15) is 0 Å². The summed E-state index contributed by atoms with van der Waals surface area (Å²) >= 11 is 1.67. The summed E-state index contributed by atoms with van der Waals surface area (Å²) in [6.07, 6.45) is 2.71. The fraction of sp³-hybridized carbons (Fsp3) is 0.250. The topological polar surface area (TPSA) is 43.1 Å². The molecule has 0 saturated heterocycles. The van der Waals surface area contributed by atoms with E-state index in [1.807, 2.05) is 0 Å². The molecule has 2 heterocycles. The van der Waals surface area contributed by atoms with Gasteiger partial charge in [-0.3, -0.25) is 0 Å². The molecular formula is C12H12N4S. The van der Waals surface area contributed by atoms with Gasteiger partial charge in [0.25, 0.3) is 0 Å². The first-order valence-corrected chi connectivity index (χ1v) is 6.55. The van der Waals surface area contributed by atoms with Crippen LogP contribution < -0.4 is 0 Å². The van der Waals surface area contributed by atoms with Crippen LogP contribution in [0, 0.1) is 0 Å². The number of fused-ring (bicyclic) bond motifs is 1. The molecule has 4 nitrogen and oxygen atoms in total. The highest BCUT2D eigenvalue weighted by atomic mass is 32.2. The molecule has 0 unspecified atom stereocenters. The van der Waals surface area contributed by atoms with Gasteiger partial charge in [0.1, 0.15) is 6.33 Å². The van der Waals surface area contributed by atoms with Crippen molar-refractivity contribution in [1.29, 1.82) is 0 Å². The molecule has 17 heavy (non-hydrogen) atoms. The van der Waals surface area contributed by atoms with Crippen molar-refractivity contribution in [3.63, 3.8) is 0 Å². The molecule has 0 aliphatic carbocycles. The Morgan fingerprint density at radius 1 is 1.29 bits per heavy atom. The maximum absolute atomic E-state index is 4.52. The van der Waals surface area contributed by atoms with Crippen LogP contribution in [-0.4, -0.2) is 26.3 Å². The van der Waals surface area contributed by atoms with Gasteiger partial charge in [-0.1, -0.05) is 43.0 Å². The predicted molar refractivity (Wildman–Crippen MR) is 68.5 cm³/mol. The lowest BCUT2D eigenvalue weighted by Gasteiger charge is -2.12. The minimum atomic E-state index is 0.851. The van der Waals surface area contributed by atoms with Gasteiger partial charge in [0.2, 0.25) is 5.16 Å². The van der Waals surface area contributed by atoms with Crippen molar-refractivity contribution in [3.8, 4) is 0 Å². The van der Waals surface area contributed by atoms with E-state index in [4.69, 9.17) is 0 Å². The highest BCUT2D eigenvalue weighted by Crippen LogP contribution is 2.22. The van der Waals surface area contributed by atoms with Gasteiger partial charge >= 0.3 is 0 Å². The van der Waals surface area contributed by atoms with Crippen LogP contribution in [0.1, 0.15) is 18.1 Å². The number of hydrogen-bond donors (Lipinski definition) is 0. The average molecular weight is 244 g/mol. The van der Waals surface area contributed by atoms with Gasteiger partial charge in [0.05, 0.1) is 5.71 Å². The molecule has 5 heteroatoms. The third-order valence-corrected chi connectivity index (χ3v) is 3.71. The normalized spacial score (nSPS) is 14.3. The Balaban J connectivity index is 1.95. The number of aromatic nitrogens is 3. The van der Waals surface area contributed by atoms with Crippen LogP contribution >= 0.6 is 11.8 Å². The van der Waals surface area contributed by atoms with Crippen LogP contribution in [0.4, 0.5) is 0 Å². The first-order valence-electron chi connectivity index (χ1n) is 5.57. The zero-order chi connectivity index (χ0) is 11.7. The average Bonchev–Trinajstić information content (AvgIpc) is 2.86. The molecule has 1 aromatic carbocycles. The Hall–Kier alpha value is -1.62. The lowest BCUT2D eigenvalue weighted by molar-refractivity contribution is 0.756. The second-order valence-electron chi connectivity index (χ2n) is 3.84. The van der Waals surface area contributed by atoms with E-state index < -0.39 is 0 Å². The van der Waals surface area contributed by atoms with Gasteiger partial charge in [-0.15, -0.1) is 10.2 Å². The molecule has 0 spiro atoms. The summed E-state index contributed by atoms with van der Waals surface area (Å²) in [6, 6.07) is 8.58. The van der Waals surface area contributed by atoms with Gasteiger partial charge in [-0.05, 0) is 17.5 Å². The summed E-state index contributed by atoms with van der Waals surface area (Å²) < 4.78 is 1.73. The molecule has 0 amide bonds. The van der Waals surface area contributed by atoms with Crippen molar-refractivity contribution in [3.05, 3.63) is 41.7 Å². The smallest absolute Gasteiger partial charge is 0.194 e. The number of rotatable bonds is 2. The molecule has 2 aromatic rings. The zero-order valence-corrected chi connectivity index (χ0v) is 10.3. The molecule has 1 aliphatic heterocycles. The predicted octanol–water partition coefficient (Wildman–Crippen LogP) is 2.20. The summed E-state index contributed by atoms with van der Waals surface area (Å²) in [4.78, 5) is 0. The quantitative estimate of drug-likeness (QED) is 0.813. The second kappa shape index (κ2) is 4.33. The fourth-order valence-corrected chi connectivity index (χ4v) is 2.56. The second-order valence-corrected chi connectivity index (χ2v) is 4.79. The standard InChI is InChI=1S/C12H12N4S/c1-2-9-3-5-10(6-4-9)11-7-17-12-14-13-8-16(12)15-11/h3-6,8H,2,7H2,1H3. The van der Waals surface area contributed by atoms with Gasteiger partial charge < -0.3 is 0 Å². The number of hydrogen-bond acceptors (Lipinski definition) is 4. The van der Waals surface area contributed by atoms with Gasteiger partial charge in [0.15, 0.2) is 0 Å². The Bertz CT molecular complexity index is 556. The third kappa shape index (κ3) is 1.98. The molecule has 0 N–H and O–H groups in total. The van der Waals surface area contributed by atoms with Crippen LogP contribution in [0.15, 0.2) is 40.9 Å². The van der Waals surface area contributed by atoms with Crippen LogP contribution in [0.2, 0.25) is 0 Å². The molecule has 3 rings (SSSR count). The molecule has 0 bridgehead atoms. The van der Waals surface area contributed by atoms with Crippen LogP contribution in [0.5, 0.6) is 0 Å². The number of nitrogens with zero attached hydrogens (tertiary/aromatic N) is 4. The fourth-order valence-electron chi connectivity index (χ4n) is 1.75. The first-order chi connectivity index (χ1) is 8.36. The van der Waals surface area contributed by atoms with Crippen LogP contribution in [-0.2, 0) is 6.42 Å². The van der Waals surface area contributed by atoms with Gasteiger partial charge in [-0.25, -0.2) is 0 Å². The molecule has 1 aromatic heterocycles. The van der Waals surface area contributed by atoms with Crippen molar-refractivity contribution in [2.75, 3.05) is 5.75 Å². The monoisotopic (exact) mass is 244 g/mol. The van der Waals surface area contributed by atoms with Gasteiger partial charge in [-0.2, -0.15) is 9.78 Å². The Morgan fingerprint density at radius 2 is 2.12 bits per heavy atom. The van der Waals surface area contributed by atoms with Crippen LogP contribution in [0.3, 0.4) is 0 Å². The first kappa shape index (κ1) is 10.5. The molecule has 86 valence electrons. The summed E-state index contributed by atoms with van der Waals surface area (Å²) in [5.74, 6) is 0.851. The third-order valence-electron chi connectivity index (χ3n) is 2.76. The Kier molecular flexibility index (Phi) is 2.68. The highest BCUT2D eigenvalue weighted by Gasteiger charge is 2.15. The Labute approximate surface area is 104 Å². The molecule has 0 atom stereocenters. The van der Waals surface area contributed by atoms with Crippen LogP contribution in [0.25, 0.3) is 0 Å². The largest absolute Gasteiger partial charge is 0.212 e. The van der Waals surface area contributed by atoms with Gasteiger partial charge in [0, 0.05) is 5.75 Å². The number of aryl methyl sites for hydroxylation is 1. The highest BCUT2D eigenvalue weighted by molar-refractivity contribution is 7.99. The van der Waals surface area contributed by atoms with E-state index in [2.05, 4.69) is 46.5 Å². The number of thioether (sulfide) groups is 1. The van der Waals surface area contributed by atoms with E-state index in [0.29, 0.717) is 0 Å². The summed E-state index contributed by atoms with van der Waals surface area (Å²) in [5.41, 5.74) is 3.60. The van der Waals surface area contributed by atoms with E-state index in [1.54, 1.807) is 22.8 Å². The maximum Gasteiger partial charge on any atom is 0.212 e. The van der Waals surface area contributed by atoms with E-state index in [0.717, 1.165) is 23.0 Å². The van der Waals surface area contributed by atoms with Crippen molar-refractivity contribution >= 4 is 17.5 Å². The zero-order valence-electron chi connectivity index (χ0n) is 9.50. The molecule has 1 aliphatic rings. The summed E-state index contributed by atoms with van der Waals surface area (Å²) in [5, 5.41) is 13.2. The lowest BCUT2D eigenvalue weighted by atomic mass is 10.1. The maximum atomic E-state index is 4.52. The lowest BCUT2D eigenvalue weighted by Crippen LogP contribution is -2.12. The van der Waals surface area contributed by atoms with E-state index in [-0.39, 0.29) is 0 Å². The molecule has 0 saturated carbocycles. The molecule has 0 radical (unpaired) electrons. The summed E-state index contributed by atoms with van der Waals surface area (Å²) in [6.45, 7) is 2.16. The molecule has 0 fully saturated rings. The van der Waals surface area contributed by atoms with Crippen molar-refractivity contribution < 1.29 is 0 Å². The van der Waals surface area contributed by atoms with Crippen molar-refractivity contribution in [2.45, 2.75) is 18.5 Å². The van der Waals surface area contributed by atoms with Crippen molar-refractivity contribution in [1.82, 2.24) is 14.9 Å². The van der Waals surface area contributed by atoms with E-state index >= 15 is 0 Å². The number of benzene rings is 1. The Morgan fingerprint density at radius 3 is 2.88 bits per heavy atom. The minimum absolute atomic E-state index is 0.851. The molecular weight excluding hydrogens is 232 g/mol. The SMILES string of the molecule is CCc1ccc(C2=Nn3cnnc3SC2)cc1. The minimum Gasteiger partial charge on any atom is -0.194 e. The summed E-state index contributed by atoms with van der Waals surface area (Å²) in [7, 11) is 0. The van der Waals surface area contributed by atoms with Crippen molar-refractivity contribution in [2.24, 2.45) is 5.10 Å². The van der Waals surface area contributed by atoms with E-state index in [1.165, 1.54) is 11.1 Å².